The molecule has 0 unspecified atom stereocenters. The number of thiazole rings is 1. The fraction of sp³-hybridized carbons (Fsp3) is 0.556. The summed E-state index contributed by atoms with van der Waals surface area (Å²) < 4.78 is 1.84. The van der Waals surface area contributed by atoms with Crippen molar-refractivity contribution in [1.29, 1.82) is 0 Å². The fourth-order valence-corrected chi connectivity index (χ4v) is 4.64. The van der Waals surface area contributed by atoms with Crippen molar-refractivity contribution in [3.05, 3.63) is 33.3 Å². The number of carbonyl (C=O) groups excluding carboxylic acids is 1. The van der Waals surface area contributed by atoms with E-state index < -0.39 is 0 Å². The van der Waals surface area contributed by atoms with Crippen LogP contribution in [0.1, 0.15) is 30.5 Å². The van der Waals surface area contributed by atoms with E-state index in [4.69, 9.17) is 0 Å². The molecule has 7 nitrogen and oxygen atoms in total. The van der Waals surface area contributed by atoms with Crippen molar-refractivity contribution in [2.45, 2.75) is 43.7 Å². The molecule has 1 aliphatic carbocycles. The Labute approximate surface area is 167 Å². The molecular weight excluding hydrogens is 382 g/mol. The summed E-state index contributed by atoms with van der Waals surface area (Å²) in [5, 5.41) is 5.89. The topological polar surface area (TPSA) is 80.1 Å². The summed E-state index contributed by atoms with van der Waals surface area (Å²) in [7, 11) is 4.07. The Hall–Kier alpha value is -1.71. The van der Waals surface area contributed by atoms with Gasteiger partial charge in [-0.1, -0.05) is 11.8 Å². The molecule has 0 saturated carbocycles. The van der Waals surface area contributed by atoms with Crippen LogP contribution in [0.2, 0.25) is 0 Å². The molecule has 2 aromatic rings. The molecule has 0 fully saturated rings. The van der Waals surface area contributed by atoms with Gasteiger partial charge in [-0.15, -0.1) is 11.3 Å². The number of carbonyl (C=O) groups is 1. The molecule has 0 atom stereocenters. The van der Waals surface area contributed by atoms with Gasteiger partial charge in [0, 0.05) is 29.4 Å². The molecular formula is C18H25N5O2S2. The first-order valence-electron chi connectivity index (χ1n) is 9.14. The van der Waals surface area contributed by atoms with Gasteiger partial charge in [-0.2, -0.15) is 4.98 Å². The molecule has 0 saturated heterocycles. The van der Waals surface area contributed by atoms with Gasteiger partial charge in [-0.25, -0.2) is 9.78 Å². The lowest BCUT2D eigenvalue weighted by molar-refractivity contribution is -0.113. The van der Waals surface area contributed by atoms with Gasteiger partial charge >= 0.3 is 5.69 Å². The van der Waals surface area contributed by atoms with Gasteiger partial charge in [0.1, 0.15) is 5.03 Å². The molecule has 2 aromatic heterocycles. The number of aromatic nitrogens is 3. The van der Waals surface area contributed by atoms with Crippen molar-refractivity contribution in [3.8, 4) is 0 Å². The Balaban J connectivity index is 1.72. The summed E-state index contributed by atoms with van der Waals surface area (Å²) in [6.07, 6.45) is 6.61. The normalized spacial score (nSPS) is 13.6. The predicted octanol–water partition coefficient (Wildman–Crippen LogP) is 2.26. The number of hydrogen-bond donors (Lipinski definition) is 1. The first-order chi connectivity index (χ1) is 13.0. The average Bonchev–Trinajstić information content (AvgIpc) is 3.14. The van der Waals surface area contributed by atoms with E-state index >= 15 is 0 Å². The highest BCUT2D eigenvalue weighted by atomic mass is 32.2. The highest BCUT2D eigenvalue weighted by Gasteiger charge is 2.21. The van der Waals surface area contributed by atoms with E-state index in [1.807, 2.05) is 24.0 Å². The van der Waals surface area contributed by atoms with Crippen molar-refractivity contribution in [2.75, 3.05) is 31.7 Å². The van der Waals surface area contributed by atoms with E-state index in [1.54, 1.807) is 6.20 Å². The highest BCUT2D eigenvalue weighted by Crippen LogP contribution is 2.28. The largest absolute Gasteiger partial charge is 0.348 e. The first-order valence-corrected chi connectivity index (χ1v) is 11.0. The first kappa shape index (κ1) is 20.0. The predicted molar refractivity (Wildman–Crippen MR) is 110 cm³/mol. The lowest BCUT2D eigenvalue weighted by Gasteiger charge is -2.23. The maximum atomic E-state index is 12.6. The summed E-state index contributed by atoms with van der Waals surface area (Å²) in [5.74, 6) is 0.0970. The summed E-state index contributed by atoms with van der Waals surface area (Å²) >= 11 is 2.73. The second-order valence-corrected chi connectivity index (χ2v) is 8.67. The quantitative estimate of drug-likeness (QED) is 0.534. The van der Waals surface area contributed by atoms with Crippen molar-refractivity contribution in [3.63, 3.8) is 0 Å². The van der Waals surface area contributed by atoms with E-state index in [1.165, 1.54) is 23.1 Å². The zero-order valence-corrected chi connectivity index (χ0v) is 17.4. The molecule has 3 rings (SSSR count). The number of nitrogens with zero attached hydrogens (tertiary/aromatic N) is 4. The maximum absolute atomic E-state index is 12.6. The average molecular weight is 408 g/mol. The van der Waals surface area contributed by atoms with Crippen LogP contribution in [0.3, 0.4) is 0 Å². The van der Waals surface area contributed by atoms with Crippen LogP contribution in [0.4, 0.5) is 5.13 Å². The Morgan fingerprint density at radius 1 is 1.37 bits per heavy atom. The number of thioether (sulfide) groups is 1. The Morgan fingerprint density at radius 3 is 2.93 bits per heavy atom. The lowest BCUT2D eigenvalue weighted by atomic mass is 9.97. The number of nitrogens with one attached hydrogen (secondary N) is 1. The van der Waals surface area contributed by atoms with Crippen molar-refractivity contribution < 1.29 is 4.79 Å². The number of hydrogen-bond acceptors (Lipinski definition) is 7. The number of rotatable bonds is 8. The zero-order chi connectivity index (χ0) is 19.2. The smallest absolute Gasteiger partial charge is 0.309 e. The summed E-state index contributed by atoms with van der Waals surface area (Å²) in [6.45, 7) is 1.64. The molecule has 9 heteroatoms. The van der Waals surface area contributed by atoms with Crippen LogP contribution in [0.25, 0.3) is 0 Å². The van der Waals surface area contributed by atoms with Gasteiger partial charge in [0.2, 0.25) is 5.91 Å². The van der Waals surface area contributed by atoms with E-state index in [-0.39, 0.29) is 17.3 Å². The number of fused-ring (bicyclic) bond motifs is 1. The summed E-state index contributed by atoms with van der Waals surface area (Å²) in [6, 6.07) is 0. The van der Waals surface area contributed by atoms with Gasteiger partial charge in [-0.05, 0) is 52.7 Å². The van der Waals surface area contributed by atoms with Crippen LogP contribution in [-0.2, 0) is 24.2 Å². The van der Waals surface area contributed by atoms with Gasteiger partial charge in [0.05, 0.1) is 5.75 Å². The minimum Gasteiger partial charge on any atom is -0.309 e. The molecule has 0 aromatic carbocycles. The van der Waals surface area contributed by atoms with Crippen LogP contribution >= 0.6 is 23.1 Å². The van der Waals surface area contributed by atoms with Crippen molar-refractivity contribution in [2.24, 2.45) is 0 Å². The third kappa shape index (κ3) is 5.40. The van der Waals surface area contributed by atoms with Crippen LogP contribution in [0.15, 0.2) is 21.4 Å². The van der Waals surface area contributed by atoms with Gasteiger partial charge in [0.25, 0.3) is 0 Å². The Bertz CT molecular complexity index is 833. The van der Waals surface area contributed by atoms with Gasteiger partial charge in [-0.3, -0.25) is 9.36 Å². The number of amides is 1. The second kappa shape index (κ2) is 9.48. The Kier molecular flexibility index (Phi) is 7.03. The molecule has 1 amide bonds. The van der Waals surface area contributed by atoms with Crippen LogP contribution in [0, 0.1) is 0 Å². The zero-order valence-electron chi connectivity index (χ0n) is 15.7. The van der Waals surface area contributed by atoms with E-state index in [9.17, 15) is 9.59 Å². The van der Waals surface area contributed by atoms with Crippen LogP contribution < -0.4 is 11.0 Å². The lowest BCUT2D eigenvalue weighted by Crippen LogP contribution is -2.31. The number of anilines is 1. The van der Waals surface area contributed by atoms with Crippen LogP contribution in [-0.4, -0.2) is 51.7 Å². The molecule has 1 aliphatic rings. The fourth-order valence-electron chi connectivity index (χ4n) is 3.22. The second-order valence-electron chi connectivity index (χ2n) is 6.81. The molecule has 0 radical (unpaired) electrons. The summed E-state index contributed by atoms with van der Waals surface area (Å²) in [5.41, 5.74) is 2.07. The monoisotopic (exact) mass is 407 g/mol. The third-order valence-electron chi connectivity index (χ3n) is 4.46. The minimum absolute atomic E-state index is 0.128. The minimum atomic E-state index is -0.197. The van der Waals surface area contributed by atoms with Crippen LogP contribution in [0.5, 0.6) is 0 Å². The standard InChI is InChI=1S/C18H25N5O2S2/c1-22(2)9-5-10-23-14-7-4-3-6-13(14)16(21-18(23)25)27-12-15(24)20-17-19-8-11-26-17/h8,11H,3-7,9-10,12H2,1-2H3,(H,19,20,24). The van der Waals surface area contributed by atoms with E-state index in [2.05, 4.69) is 20.2 Å². The Morgan fingerprint density at radius 2 is 2.19 bits per heavy atom. The summed E-state index contributed by atoms with van der Waals surface area (Å²) in [4.78, 5) is 35.2. The highest BCUT2D eigenvalue weighted by molar-refractivity contribution is 8.00. The van der Waals surface area contributed by atoms with E-state index in [0.29, 0.717) is 16.7 Å². The van der Waals surface area contributed by atoms with Gasteiger partial charge < -0.3 is 10.2 Å². The molecule has 0 aliphatic heterocycles. The molecule has 0 bridgehead atoms. The molecule has 146 valence electrons. The SMILES string of the molecule is CN(C)CCCn1c2c(c(SCC(=O)Nc3nccs3)nc1=O)CCCC2. The van der Waals surface area contributed by atoms with Crippen molar-refractivity contribution in [1.82, 2.24) is 19.4 Å². The molecule has 1 N–H and O–H groups in total. The van der Waals surface area contributed by atoms with Gasteiger partial charge in [0.15, 0.2) is 5.13 Å². The van der Waals surface area contributed by atoms with Crippen molar-refractivity contribution >= 4 is 34.1 Å². The molecule has 2 heterocycles. The molecule has 27 heavy (non-hydrogen) atoms. The third-order valence-corrected chi connectivity index (χ3v) is 6.16. The van der Waals surface area contributed by atoms with E-state index in [0.717, 1.165) is 49.9 Å². The maximum Gasteiger partial charge on any atom is 0.348 e. The molecule has 0 spiro atoms.